The summed E-state index contributed by atoms with van der Waals surface area (Å²) in [7, 11) is 0. The number of ketones is 1. The number of aliphatic hydroxyl groups is 1. The molecule has 24 heavy (non-hydrogen) atoms. The average Bonchev–Trinajstić information content (AvgIpc) is 2.97. The van der Waals surface area contributed by atoms with E-state index in [9.17, 15) is 23.1 Å². The number of carbonyl (C=O) groups is 1. The molecule has 0 aromatic carbocycles. The molecular formula is C17H18BF3O3. The minimum absolute atomic E-state index is 0.159. The molecule has 0 bridgehead atoms. The maximum absolute atomic E-state index is 13.4. The number of carbonyl (C=O) groups excluding carboxylic acids is 1. The molecule has 0 aliphatic heterocycles. The van der Waals surface area contributed by atoms with E-state index in [-0.39, 0.29) is 16.7 Å². The Morgan fingerprint density at radius 3 is 2.29 bits per heavy atom. The Bertz CT molecular complexity index is 717. The van der Waals surface area contributed by atoms with Gasteiger partial charge in [0.25, 0.3) is 0 Å². The number of hydrogen-bond donors (Lipinski definition) is 1. The molecule has 7 heteroatoms. The quantitative estimate of drug-likeness (QED) is 0.374. The summed E-state index contributed by atoms with van der Waals surface area (Å²) in [4.78, 5) is 11.5. The first kappa shape index (κ1) is 19.7. The van der Waals surface area contributed by atoms with Gasteiger partial charge in [0.15, 0.2) is 0 Å². The molecule has 0 radical (unpaired) electrons. The third-order valence-electron chi connectivity index (χ3n) is 3.33. The zero-order valence-electron chi connectivity index (χ0n) is 13.9. The van der Waals surface area contributed by atoms with Gasteiger partial charge in [-0.15, -0.1) is 0 Å². The summed E-state index contributed by atoms with van der Waals surface area (Å²) in [5.41, 5.74) is -0.403. The van der Waals surface area contributed by atoms with Gasteiger partial charge in [0.05, 0.1) is 0 Å². The minimum atomic E-state index is -4.62. The first-order chi connectivity index (χ1) is 11.1. The molecule has 1 aromatic rings. The summed E-state index contributed by atoms with van der Waals surface area (Å²) >= 11 is 0. The van der Waals surface area contributed by atoms with Crippen molar-refractivity contribution >= 4 is 23.7 Å². The van der Waals surface area contributed by atoms with Gasteiger partial charge in [-0.1, -0.05) is 0 Å². The number of alkyl halides is 3. The number of furan rings is 1. The van der Waals surface area contributed by atoms with Crippen LogP contribution in [0.3, 0.4) is 0 Å². The fourth-order valence-electron chi connectivity index (χ4n) is 2.09. The predicted octanol–water partition coefficient (Wildman–Crippen LogP) is 4.45. The second kappa shape index (κ2) is 7.99. The molecule has 0 amide bonds. The van der Waals surface area contributed by atoms with Gasteiger partial charge in [-0.05, 0) is 0 Å². The molecule has 1 aromatic heterocycles. The number of Topliss-reactive ketones (excluding diaryl/α,β-unsaturated/α-hetero) is 1. The van der Waals surface area contributed by atoms with Gasteiger partial charge < -0.3 is 0 Å². The second-order valence-corrected chi connectivity index (χ2v) is 5.19. The Morgan fingerprint density at radius 1 is 1.29 bits per heavy atom. The Balaban J connectivity index is 3.46. The van der Waals surface area contributed by atoms with Gasteiger partial charge in [0.1, 0.15) is 0 Å². The second-order valence-electron chi connectivity index (χ2n) is 5.19. The number of hydrogen-bond acceptors (Lipinski definition) is 3. The van der Waals surface area contributed by atoms with Gasteiger partial charge in [-0.25, -0.2) is 0 Å². The van der Waals surface area contributed by atoms with Gasteiger partial charge >= 0.3 is 138 Å². The SMILES string of the molecule is C\C=C(/C=C(\C(C)=B/C(C(C)=O)=C(\C)O)C(F)(F)F)c1ccoc1. The maximum atomic E-state index is 13.4. The van der Waals surface area contributed by atoms with Crippen LogP contribution in [-0.2, 0) is 4.79 Å². The van der Waals surface area contributed by atoms with E-state index in [0.29, 0.717) is 11.1 Å². The average molecular weight is 338 g/mol. The van der Waals surface area contributed by atoms with Crippen molar-refractivity contribution in [2.75, 3.05) is 0 Å². The number of aliphatic hydroxyl groups excluding tert-OH is 1. The normalized spacial score (nSPS) is 15.0. The summed E-state index contributed by atoms with van der Waals surface area (Å²) in [5.74, 6) is -0.846. The topological polar surface area (TPSA) is 50.4 Å². The van der Waals surface area contributed by atoms with Crippen molar-refractivity contribution in [2.24, 2.45) is 0 Å². The van der Waals surface area contributed by atoms with E-state index in [0.717, 1.165) is 13.0 Å². The van der Waals surface area contributed by atoms with E-state index in [1.807, 2.05) is 0 Å². The number of rotatable bonds is 5. The number of halogens is 3. The molecule has 1 heterocycles. The summed E-state index contributed by atoms with van der Waals surface area (Å²) in [6.45, 7) is 6.33. The van der Waals surface area contributed by atoms with E-state index in [4.69, 9.17) is 4.42 Å². The Hall–Kier alpha value is -2.31. The third-order valence-corrected chi connectivity index (χ3v) is 3.33. The van der Waals surface area contributed by atoms with Gasteiger partial charge in [0, 0.05) is 0 Å². The van der Waals surface area contributed by atoms with E-state index in [1.54, 1.807) is 13.0 Å². The van der Waals surface area contributed by atoms with E-state index >= 15 is 0 Å². The molecule has 0 saturated carbocycles. The summed E-state index contributed by atoms with van der Waals surface area (Å²) in [5, 5.41) is 9.48. The molecular weight excluding hydrogens is 320 g/mol. The summed E-state index contributed by atoms with van der Waals surface area (Å²) in [6.07, 6.45) is 0.611. The molecule has 0 atom stereocenters. The number of allylic oxidation sites excluding steroid dienone is 6. The monoisotopic (exact) mass is 338 g/mol. The Kier molecular flexibility index (Phi) is 6.57. The van der Waals surface area contributed by atoms with Crippen LogP contribution >= 0.6 is 0 Å². The molecule has 0 fully saturated rings. The van der Waals surface area contributed by atoms with Crippen molar-refractivity contribution in [1.82, 2.24) is 0 Å². The predicted molar refractivity (Wildman–Crippen MR) is 88.9 cm³/mol. The molecule has 0 spiro atoms. The van der Waals surface area contributed by atoms with Crippen molar-refractivity contribution in [3.63, 3.8) is 0 Å². The van der Waals surface area contributed by atoms with Crippen molar-refractivity contribution in [3.8, 4) is 0 Å². The van der Waals surface area contributed by atoms with Crippen LogP contribution in [0.5, 0.6) is 0 Å². The molecule has 1 rings (SSSR count). The van der Waals surface area contributed by atoms with Crippen LogP contribution in [0.1, 0.15) is 33.3 Å². The standard InChI is InChI=1S/C17H18BF3O3/c1-5-13(14-6-7-24-9-14)8-15(17(19,20)21)10(2)18-16(11(3)22)12(4)23/h5-9,22H,1-4H3/b13-5+,15-8+,16-11+. The van der Waals surface area contributed by atoms with Crippen LogP contribution in [0.15, 0.2) is 52.0 Å². The van der Waals surface area contributed by atoms with Gasteiger partial charge in [-0.3, -0.25) is 0 Å². The van der Waals surface area contributed by atoms with Crippen molar-refractivity contribution in [1.29, 1.82) is 0 Å². The molecule has 1 N–H and O–H groups in total. The van der Waals surface area contributed by atoms with Gasteiger partial charge in [-0.2, -0.15) is 0 Å². The van der Waals surface area contributed by atoms with E-state index in [2.05, 4.69) is 0 Å². The first-order valence-electron chi connectivity index (χ1n) is 7.15. The molecule has 0 aliphatic rings. The molecule has 0 saturated heterocycles. The zero-order valence-corrected chi connectivity index (χ0v) is 13.9. The molecule has 128 valence electrons. The molecule has 3 nitrogen and oxygen atoms in total. The third kappa shape index (κ3) is 5.11. The Morgan fingerprint density at radius 2 is 1.92 bits per heavy atom. The van der Waals surface area contributed by atoms with E-state index in [1.165, 1.54) is 39.4 Å². The van der Waals surface area contributed by atoms with Crippen LogP contribution in [-0.4, -0.2) is 29.5 Å². The van der Waals surface area contributed by atoms with E-state index < -0.39 is 17.5 Å². The van der Waals surface area contributed by atoms with Crippen molar-refractivity contribution in [2.45, 2.75) is 33.9 Å². The van der Waals surface area contributed by atoms with Crippen LogP contribution in [0.25, 0.3) is 5.57 Å². The molecule has 0 unspecified atom stereocenters. The summed E-state index contributed by atoms with van der Waals surface area (Å²) in [6, 6.07) is 1.55. The zero-order chi connectivity index (χ0) is 18.5. The van der Waals surface area contributed by atoms with Gasteiger partial charge in [0.2, 0.25) is 0 Å². The van der Waals surface area contributed by atoms with Crippen molar-refractivity contribution in [3.05, 3.63) is 53.1 Å². The van der Waals surface area contributed by atoms with Crippen LogP contribution in [0.2, 0.25) is 0 Å². The fraction of sp³-hybridized carbons (Fsp3) is 0.294. The van der Waals surface area contributed by atoms with Crippen molar-refractivity contribution < 1.29 is 27.5 Å². The fourth-order valence-corrected chi connectivity index (χ4v) is 2.09. The van der Waals surface area contributed by atoms with Crippen LogP contribution < -0.4 is 0 Å². The first-order valence-corrected chi connectivity index (χ1v) is 7.15. The van der Waals surface area contributed by atoms with Crippen LogP contribution in [0.4, 0.5) is 13.2 Å². The summed E-state index contributed by atoms with van der Waals surface area (Å²) < 4.78 is 45.2. The molecule has 0 aliphatic carbocycles. The Labute approximate surface area is 139 Å². The van der Waals surface area contributed by atoms with Crippen LogP contribution in [0, 0.1) is 0 Å².